The van der Waals surface area contributed by atoms with Gasteiger partial charge in [0, 0.05) is 13.1 Å². The lowest BCUT2D eigenvalue weighted by Crippen LogP contribution is -2.51. The molecule has 2 rings (SSSR count). The summed E-state index contributed by atoms with van der Waals surface area (Å²) in [6.45, 7) is 1.86. The van der Waals surface area contributed by atoms with Crippen molar-refractivity contribution >= 4 is 16.1 Å². The fourth-order valence-electron chi connectivity index (χ4n) is 1.93. The lowest BCUT2D eigenvalue weighted by molar-refractivity contribution is 0.0454. The highest BCUT2D eigenvalue weighted by molar-refractivity contribution is 7.85. The van der Waals surface area contributed by atoms with Gasteiger partial charge in [0.05, 0.1) is 31.6 Å². The zero-order chi connectivity index (χ0) is 13.9. The Morgan fingerprint density at radius 2 is 2.11 bits per heavy atom. The summed E-state index contributed by atoms with van der Waals surface area (Å²) < 4.78 is 36.0. The molecule has 0 aliphatic carbocycles. The van der Waals surface area contributed by atoms with Crippen molar-refractivity contribution in [1.29, 1.82) is 0 Å². The van der Waals surface area contributed by atoms with Crippen LogP contribution in [-0.2, 0) is 14.9 Å². The van der Waals surface area contributed by atoms with Crippen molar-refractivity contribution in [3.05, 3.63) is 24.4 Å². The summed E-state index contributed by atoms with van der Waals surface area (Å²) in [5.74, 6) is -0.566. The van der Waals surface area contributed by atoms with Gasteiger partial charge >= 0.3 is 6.03 Å². The van der Waals surface area contributed by atoms with E-state index in [9.17, 15) is 13.2 Å². The summed E-state index contributed by atoms with van der Waals surface area (Å²) in [4.78, 5) is 15.1. The Morgan fingerprint density at radius 1 is 1.42 bits per heavy atom. The van der Waals surface area contributed by atoms with Crippen molar-refractivity contribution in [2.75, 3.05) is 32.1 Å². The normalized spacial score (nSPS) is 23.3. The van der Waals surface area contributed by atoms with Crippen LogP contribution in [0.2, 0.25) is 0 Å². The van der Waals surface area contributed by atoms with E-state index >= 15 is 0 Å². The van der Waals surface area contributed by atoms with Crippen molar-refractivity contribution in [1.82, 2.24) is 9.80 Å². The van der Waals surface area contributed by atoms with Crippen LogP contribution in [0.15, 0.2) is 18.4 Å². The van der Waals surface area contributed by atoms with Crippen molar-refractivity contribution in [2.24, 2.45) is 0 Å². The smallest absolute Gasteiger partial charge is 0.328 e. The molecule has 0 bridgehead atoms. The van der Waals surface area contributed by atoms with E-state index in [2.05, 4.69) is 6.08 Å². The molecular weight excluding hydrogens is 272 g/mol. The van der Waals surface area contributed by atoms with Crippen LogP contribution in [0.4, 0.5) is 4.79 Å². The molecule has 2 aliphatic rings. The number of rotatable bonds is 2. The molecule has 2 amide bonds. The molecule has 0 aromatic carbocycles. The highest BCUT2D eigenvalue weighted by atomic mass is 32.2. The Morgan fingerprint density at radius 3 is 2.74 bits per heavy atom. The maximum absolute atomic E-state index is 12.3. The second-order valence-corrected chi connectivity index (χ2v) is 5.73. The fraction of sp³-hybridized carbons (Fsp3) is 0.545. The van der Waals surface area contributed by atoms with Gasteiger partial charge in [0.15, 0.2) is 12.1 Å². The monoisotopic (exact) mass is 287 g/mol. The lowest BCUT2D eigenvalue weighted by Gasteiger charge is -2.32. The number of ether oxygens (including phenoxy) is 1. The van der Waals surface area contributed by atoms with Gasteiger partial charge in [-0.25, -0.2) is 9.69 Å². The van der Waals surface area contributed by atoms with Crippen LogP contribution in [0.3, 0.4) is 0 Å². The van der Waals surface area contributed by atoms with Gasteiger partial charge in [0.1, 0.15) is 5.75 Å². The van der Waals surface area contributed by atoms with Crippen LogP contribution < -0.4 is 0 Å². The predicted octanol–water partition coefficient (Wildman–Crippen LogP) is -0.116. The second-order valence-electron chi connectivity index (χ2n) is 4.23. The zero-order valence-electron chi connectivity index (χ0n) is 10.2. The molecule has 1 N–H and O–H groups in total. The predicted molar refractivity (Wildman–Crippen MR) is 66.8 cm³/mol. The molecule has 1 atom stereocenters. The van der Waals surface area contributed by atoms with E-state index in [0.29, 0.717) is 26.3 Å². The number of hydrogen-bond donors (Lipinski definition) is 1. The molecular formula is C11H15N2O5S+. The Balaban J connectivity index is 2.09. The minimum Gasteiger partial charge on any atom is -0.378 e. The van der Waals surface area contributed by atoms with Gasteiger partial charge in [-0.15, -0.1) is 0 Å². The number of amides is 2. The largest absolute Gasteiger partial charge is 0.378 e. The molecule has 1 saturated heterocycles. The quantitative estimate of drug-likeness (QED) is 0.565. The summed E-state index contributed by atoms with van der Waals surface area (Å²) in [5.41, 5.74) is 0. The molecule has 2 aliphatic heterocycles. The van der Waals surface area contributed by atoms with Gasteiger partial charge in [-0.3, -0.25) is 4.55 Å². The number of morpholine rings is 1. The fourth-order valence-corrected chi connectivity index (χ4v) is 2.59. The van der Waals surface area contributed by atoms with Crippen molar-refractivity contribution in [2.45, 2.75) is 6.04 Å². The van der Waals surface area contributed by atoms with E-state index in [4.69, 9.17) is 9.29 Å². The molecule has 104 valence electrons. The number of allylic oxidation sites excluding steroid dienone is 2. The highest BCUT2D eigenvalue weighted by Gasteiger charge is 2.34. The maximum Gasteiger partial charge on any atom is 0.328 e. The first kappa shape index (κ1) is 14.0. The van der Waals surface area contributed by atoms with Crippen molar-refractivity contribution in [3.63, 3.8) is 0 Å². The van der Waals surface area contributed by atoms with Crippen LogP contribution in [-0.4, -0.2) is 66.9 Å². The van der Waals surface area contributed by atoms with Crippen LogP contribution in [0.1, 0.15) is 0 Å². The number of nitrogens with zero attached hydrogens (tertiary/aromatic N) is 2. The Bertz CT molecular complexity index is 493. The maximum atomic E-state index is 12.3. The van der Waals surface area contributed by atoms with Gasteiger partial charge in [-0.05, 0) is 0 Å². The third-order valence-corrected chi connectivity index (χ3v) is 3.58. The van der Waals surface area contributed by atoms with Gasteiger partial charge in [0.2, 0.25) is 0 Å². The third-order valence-electron chi connectivity index (χ3n) is 2.84. The molecule has 0 spiro atoms. The van der Waals surface area contributed by atoms with E-state index in [-0.39, 0.29) is 6.03 Å². The Labute approximate surface area is 111 Å². The lowest BCUT2D eigenvalue weighted by atomic mass is 10.2. The van der Waals surface area contributed by atoms with E-state index in [1.54, 1.807) is 11.0 Å². The molecule has 19 heavy (non-hydrogen) atoms. The minimum absolute atomic E-state index is 0.311. The number of carbonyl (C=O) groups is 1. The van der Waals surface area contributed by atoms with Gasteiger partial charge in [0.25, 0.3) is 10.1 Å². The zero-order valence-corrected chi connectivity index (χ0v) is 11.0. The SMILES string of the molecule is O=C(N1CCOCC1)N1C=CC=[C+]C1CS(=O)(=O)O. The average molecular weight is 287 g/mol. The third kappa shape index (κ3) is 3.74. The molecule has 0 aromatic heterocycles. The molecule has 1 fully saturated rings. The van der Waals surface area contributed by atoms with Gasteiger partial charge in [-0.1, -0.05) is 0 Å². The molecule has 1 unspecified atom stereocenters. The van der Waals surface area contributed by atoms with Gasteiger partial charge < -0.3 is 9.64 Å². The molecule has 0 aromatic rings. The molecule has 2 heterocycles. The van der Waals surface area contributed by atoms with Crippen LogP contribution in [0.25, 0.3) is 0 Å². The number of urea groups is 1. The first-order valence-electron chi connectivity index (χ1n) is 5.83. The van der Waals surface area contributed by atoms with E-state index < -0.39 is 21.9 Å². The topological polar surface area (TPSA) is 87.2 Å². The molecule has 8 heteroatoms. The van der Waals surface area contributed by atoms with Crippen LogP contribution >= 0.6 is 0 Å². The first-order chi connectivity index (χ1) is 8.97. The summed E-state index contributed by atoms with van der Waals surface area (Å²) in [6.07, 6.45) is 7.35. The van der Waals surface area contributed by atoms with E-state index in [0.717, 1.165) is 0 Å². The second kappa shape index (κ2) is 5.66. The summed E-state index contributed by atoms with van der Waals surface area (Å²) in [5, 5.41) is 0. The minimum atomic E-state index is -4.17. The standard InChI is InChI=1S/C11H14N2O5S/c14-11(12-5-7-18-8-6-12)13-4-2-1-3-10(13)9-19(15,16)17/h1-2,4,10H,5-9H2/p+1. The number of carbonyl (C=O) groups excluding carboxylic acids is 1. The van der Waals surface area contributed by atoms with Gasteiger partial charge in [-0.2, -0.15) is 8.42 Å². The molecule has 0 radical (unpaired) electrons. The molecule has 0 saturated carbocycles. The first-order valence-corrected chi connectivity index (χ1v) is 7.44. The number of hydrogen-bond acceptors (Lipinski definition) is 4. The van der Waals surface area contributed by atoms with Crippen molar-refractivity contribution in [3.8, 4) is 0 Å². The van der Waals surface area contributed by atoms with Crippen LogP contribution in [0.5, 0.6) is 0 Å². The van der Waals surface area contributed by atoms with E-state index in [1.165, 1.54) is 17.2 Å². The summed E-state index contributed by atoms with van der Waals surface area (Å²) in [6, 6.07) is -1.12. The Hall–Kier alpha value is -1.47. The molecule has 7 nitrogen and oxygen atoms in total. The average Bonchev–Trinajstić information content (AvgIpc) is 2.38. The summed E-state index contributed by atoms with van der Waals surface area (Å²) in [7, 11) is -4.17. The van der Waals surface area contributed by atoms with Crippen molar-refractivity contribution < 1.29 is 22.5 Å². The van der Waals surface area contributed by atoms with E-state index in [1.807, 2.05) is 0 Å². The summed E-state index contributed by atoms with van der Waals surface area (Å²) >= 11 is 0. The van der Waals surface area contributed by atoms with Crippen LogP contribution in [0, 0.1) is 6.08 Å². The Kier molecular flexibility index (Phi) is 4.16. The highest BCUT2D eigenvalue weighted by Crippen LogP contribution is 2.14.